The van der Waals surface area contributed by atoms with Crippen LogP contribution in [0.15, 0.2) is 37.1 Å². The van der Waals surface area contributed by atoms with Gasteiger partial charge in [0.05, 0.1) is 5.76 Å². The van der Waals surface area contributed by atoms with Gasteiger partial charge in [-0.1, -0.05) is 24.7 Å². The average molecular weight is 162 g/mol. The van der Waals surface area contributed by atoms with Crippen molar-refractivity contribution >= 4 is 0 Å². The highest BCUT2D eigenvalue weighted by Crippen LogP contribution is 2.06. The SMILES string of the molecule is C#CCO/C(=C/C=C)CCC=C. The van der Waals surface area contributed by atoms with E-state index in [0.29, 0.717) is 6.61 Å². The normalized spacial score (nSPS) is 10.1. The van der Waals surface area contributed by atoms with Gasteiger partial charge in [-0.25, -0.2) is 0 Å². The molecule has 0 unspecified atom stereocenters. The third-order valence-corrected chi connectivity index (χ3v) is 1.24. The molecule has 0 aliphatic rings. The Morgan fingerprint density at radius 3 is 2.75 bits per heavy atom. The van der Waals surface area contributed by atoms with Crippen molar-refractivity contribution in [3.8, 4) is 12.3 Å². The quantitative estimate of drug-likeness (QED) is 0.252. The van der Waals surface area contributed by atoms with Crippen LogP contribution in [0, 0.1) is 12.3 Å². The Morgan fingerprint density at radius 1 is 1.50 bits per heavy atom. The molecule has 12 heavy (non-hydrogen) atoms. The van der Waals surface area contributed by atoms with Crippen LogP contribution in [0.4, 0.5) is 0 Å². The molecule has 1 heteroatoms. The molecule has 64 valence electrons. The van der Waals surface area contributed by atoms with Crippen molar-refractivity contribution in [1.29, 1.82) is 0 Å². The van der Waals surface area contributed by atoms with Crippen LogP contribution in [-0.2, 0) is 4.74 Å². The van der Waals surface area contributed by atoms with Gasteiger partial charge in [-0.05, 0) is 12.5 Å². The lowest BCUT2D eigenvalue weighted by Crippen LogP contribution is -1.92. The highest BCUT2D eigenvalue weighted by atomic mass is 16.5. The van der Waals surface area contributed by atoms with Crippen LogP contribution in [0.5, 0.6) is 0 Å². The molecule has 0 atom stereocenters. The fourth-order valence-corrected chi connectivity index (χ4v) is 0.714. The van der Waals surface area contributed by atoms with Crippen molar-refractivity contribution in [3.05, 3.63) is 37.1 Å². The zero-order chi connectivity index (χ0) is 9.23. The first kappa shape index (κ1) is 10.6. The second-order valence-corrected chi connectivity index (χ2v) is 2.19. The molecule has 0 aromatic carbocycles. The topological polar surface area (TPSA) is 9.23 Å². The molecule has 0 fully saturated rings. The van der Waals surface area contributed by atoms with E-state index in [-0.39, 0.29) is 0 Å². The predicted octanol–water partition coefficient (Wildman–Crippen LogP) is 2.67. The second-order valence-electron chi connectivity index (χ2n) is 2.19. The van der Waals surface area contributed by atoms with E-state index >= 15 is 0 Å². The molecule has 0 bridgehead atoms. The van der Waals surface area contributed by atoms with E-state index in [4.69, 9.17) is 11.2 Å². The molecular weight excluding hydrogens is 148 g/mol. The minimum Gasteiger partial charge on any atom is -0.485 e. The molecule has 0 spiro atoms. The van der Waals surface area contributed by atoms with Crippen molar-refractivity contribution in [2.75, 3.05) is 6.61 Å². The Morgan fingerprint density at radius 2 is 2.25 bits per heavy atom. The lowest BCUT2D eigenvalue weighted by Gasteiger charge is -2.04. The molecule has 0 aliphatic heterocycles. The van der Waals surface area contributed by atoms with Crippen molar-refractivity contribution in [2.24, 2.45) is 0 Å². The van der Waals surface area contributed by atoms with Gasteiger partial charge >= 0.3 is 0 Å². The van der Waals surface area contributed by atoms with Crippen LogP contribution in [0.1, 0.15) is 12.8 Å². The Bertz CT molecular complexity index is 206. The zero-order valence-electron chi connectivity index (χ0n) is 7.25. The summed E-state index contributed by atoms with van der Waals surface area (Å²) in [6, 6.07) is 0. The van der Waals surface area contributed by atoms with Crippen molar-refractivity contribution in [1.82, 2.24) is 0 Å². The number of ether oxygens (including phenoxy) is 1. The number of hydrogen-bond donors (Lipinski definition) is 0. The maximum atomic E-state index is 5.24. The summed E-state index contributed by atoms with van der Waals surface area (Å²) in [5.41, 5.74) is 0. The van der Waals surface area contributed by atoms with Crippen LogP contribution in [0.2, 0.25) is 0 Å². The Kier molecular flexibility index (Phi) is 6.78. The van der Waals surface area contributed by atoms with Gasteiger partial charge in [-0.15, -0.1) is 13.0 Å². The van der Waals surface area contributed by atoms with Crippen LogP contribution in [-0.4, -0.2) is 6.61 Å². The van der Waals surface area contributed by atoms with Gasteiger partial charge in [0.15, 0.2) is 0 Å². The molecular formula is C11H14O. The summed E-state index contributed by atoms with van der Waals surface area (Å²) in [7, 11) is 0. The van der Waals surface area contributed by atoms with E-state index in [9.17, 15) is 0 Å². The maximum Gasteiger partial charge on any atom is 0.148 e. The summed E-state index contributed by atoms with van der Waals surface area (Å²) < 4.78 is 5.24. The van der Waals surface area contributed by atoms with Crippen LogP contribution < -0.4 is 0 Å². The third kappa shape index (κ3) is 5.37. The monoisotopic (exact) mass is 162 g/mol. The molecule has 0 aliphatic carbocycles. The fourth-order valence-electron chi connectivity index (χ4n) is 0.714. The summed E-state index contributed by atoms with van der Waals surface area (Å²) in [4.78, 5) is 0. The Labute approximate surface area is 74.4 Å². The van der Waals surface area contributed by atoms with Crippen LogP contribution >= 0.6 is 0 Å². The largest absolute Gasteiger partial charge is 0.485 e. The molecule has 0 aromatic heterocycles. The molecule has 0 saturated heterocycles. The third-order valence-electron chi connectivity index (χ3n) is 1.24. The number of allylic oxidation sites excluding steroid dienone is 4. The molecule has 0 N–H and O–H groups in total. The molecule has 0 aromatic rings. The number of rotatable bonds is 6. The first-order valence-electron chi connectivity index (χ1n) is 3.84. The molecule has 1 nitrogen and oxygen atoms in total. The second kappa shape index (κ2) is 7.68. The highest BCUT2D eigenvalue weighted by molar-refractivity contribution is 5.05. The minimum atomic E-state index is 0.316. The van der Waals surface area contributed by atoms with Gasteiger partial charge < -0.3 is 4.74 Å². The fraction of sp³-hybridized carbons (Fsp3) is 0.273. The maximum absolute atomic E-state index is 5.24. The molecule has 0 amide bonds. The lowest BCUT2D eigenvalue weighted by molar-refractivity contribution is 0.242. The van der Waals surface area contributed by atoms with Gasteiger partial charge in [0.2, 0.25) is 0 Å². The van der Waals surface area contributed by atoms with E-state index in [1.165, 1.54) is 0 Å². The van der Waals surface area contributed by atoms with Crippen molar-refractivity contribution < 1.29 is 4.74 Å². The first-order valence-corrected chi connectivity index (χ1v) is 3.84. The number of terminal acetylenes is 1. The van der Waals surface area contributed by atoms with Gasteiger partial charge in [0, 0.05) is 6.42 Å². The van der Waals surface area contributed by atoms with Crippen molar-refractivity contribution in [3.63, 3.8) is 0 Å². The van der Waals surface area contributed by atoms with Gasteiger partial charge in [0.25, 0.3) is 0 Å². The van der Waals surface area contributed by atoms with Crippen molar-refractivity contribution in [2.45, 2.75) is 12.8 Å². The Hall–Kier alpha value is -1.42. The predicted molar refractivity (Wildman–Crippen MR) is 52.5 cm³/mol. The zero-order valence-corrected chi connectivity index (χ0v) is 7.25. The lowest BCUT2D eigenvalue weighted by atomic mass is 10.2. The van der Waals surface area contributed by atoms with E-state index in [0.717, 1.165) is 18.6 Å². The smallest absolute Gasteiger partial charge is 0.148 e. The van der Waals surface area contributed by atoms with Gasteiger partial charge in [-0.2, -0.15) is 0 Å². The van der Waals surface area contributed by atoms with Gasteiger partial charge in [0.1, 0.15) is 6.61 Å². The van der Waals surface area contributed by atoms with E-state index in [1.807, 2.05) is 12.2 Å². The van der Waals surface area contributed by atoms with E-state index < -0.39 is 0 Å². The van der Waals surface area contributed by atoms with E-state index in [2.05, 4.69) is 19.1 Å². The Balaban J connectivity index is 3.87. The average Bonchev–Trinajstić information content (AvgIpc) is 2.10. The molecule has 0 heterocycles. The van der Waals surface area contributed by atoms with Crippen LogP contribution in [0.3, 0.4) is 0 Å². The molecule has 0 radical (unpaired) electrons. The summed E-state index contributed by atoms with van der Waals surface area (Å²) in [5.74, 6) is 3.27. The summed E-state index contributed by atoms with van der Waals surface area (Å²) in [5, 5.41) is 0. The molecule has 0 rings (SSSR count). The number of hydrogen-bond acceptors (Lipinski definition) is 1. The highest BCUT2D eigenvalue weighted by Gasteiger charge is 1.93. The van der Waals surface area contributed by atoms with E-state index in [1.54, 1.807) is 6.08 Å². The summed E-state index contributed by atoms with van der Waals surface area (Å²) in [6.45, 7) is 7.52. The molecule has 0 saturated carbocycles. The first-order chi connectivity index (χ1) is 5.85. The standard InChI is InChI=1S/C11H14O/c1-4-7-9-11(8-5-2)12-10-6-3/h3-5,8H,1-2,7,9-10H2/b11-8+. The summed E-state index contributed by atoms with van der Waals surface area (Å²) >= 11 is 0. The van der Waals surface area contributed by atoms with Gasteiger partial charge in [-0.3, -0.25) is 0 Å². The van der Waals surface area contributed by atoms with Crippen LogP contribution in [0.25, 0.3) is 0 Å². The summed E-state index contributed by atoms with van der Waals surface area (Å²) in [6.07, 6.45) is 12.1. The minimum absolute atomic E-state index is 0.316.